The lowest BCUT2D eigenvalue weighted by Crippen LogP contribution is -2.39. The number of hydrogen-bond donors (Lipinski definition) is 1. The molecule has 0 spiro atoms. The van der Waals surface area contributed by atoms with Crippen molar-refractivity contribution in [3.8, 4) is 0 Å². The summed E-state index contributed by atoms with van der Waals surface area (Å²) < 4.78 is 1.86. The van der Waals surface area contributed by atoms with Crippen LogP contribution < -0.4 is 0 Å². The van der Waals surface area contributed by atoms with E-state index in [-0.39, 0.29) is 5.91 Å². The smallest absolute Gasteiger partial charge is 0.223 e. The molecule has 0 saturated carbocycles. The maximum atomic E-state index is 12.4. The lowest BCUT2D eigenvalue weighted by Gasteiger charge is -2.32. The Kier molecular flexibility index (Phi) is 3.98. The van der Waals surface area contributed by atoms with Crippen molar-refractivity contribution in [1.82, 2.24) is 29.9 Å². The van der Waals surface area contributed by atoms with Crippen LogP contribution >= 0.6 is 0 Å². The summed E-state index contributed by atoms with van der Waals surface area (Å²) in [7, 11) is 1.90. The van der Waals surface area contributed by atoms with Crippen LogP contribution in [0.4, 0.5) is 0 Å². The Morgan fingerprint density at radius 2 is 2.43 bits per heavy atom. The van der Waals surface area contributed by atoms with Crippen molar-refractivity contribution < 1.29 is 4.79 Å². The number of carbonyl (C=O) groups excluding carboxylic acids is 1. The SMILES string of the molecule is Cn1cnnc1CCC(=O)N1CCC[C@@H](c2ccn[nH]2)C1. The first-order valence-electron chi connectivity index (χ1n) is 7.34. The normalized spacial score (nSPS) is 18.9. The molecule has 0 bridgehead atoms. The third-order valence-corrected chi connectivity index (χ3v) is 4.10. The van der Waals surface area contributed by atoms with Crippen LogP contribution in [0.5, 0.6) is 0 Å². The molecule has 1 saturated heterocycles. The third-order valence-electron chi connectivity index (χ3n) is 4.10. The van der Waals surface area contributed by atoms with Crippen LogP contribution in [0, 0.1) is 0 Å². The highest BCUT2D eigenvalue weighted by molar-refractivity contribution is 5.76. The standard InChI is InChI=1S/C14H20N6O/c1-19-10-16-18-13(19)4-5-14(21)20-8-2-3-11(9-20)12-6-7-15-17-12/h6-7,10-11H,2-5,8-9H2,1H3,(H,15,17)/t11-/m1/s1. The number of carbonyl (C=O) groups is 1. The van der Waals surface area contributed by atoms with Crippen molar-refractivity contribution >= 4 is 5.91 Å². The summed E-state index contributed by atoms with van der Waals surface area (Å²) in [5.74, 6) is 1.42. The number of hydrogen-bond acceptors (Lipinski definition) is 4. The van der Waals surface area contributed by atoms with E-state index in [9.17, 15) is 4.79 Å². The lowest BCUT2D eigenvalue weighted by atomic mass is 9.94. The van der Waals surface area contributed by atoms with Crippen molar-refractivity contribution in [2.24, 2.45) is 7.05 Å². The molecule has 7 heteroatoms. The van der Waals surface area contributed by atoms with Crippen molar-refractivity contribution in [3.63, 3.8) is 0 Å². The van der Waals surface area contributed by atoms with Gasteiger partial charge in [0.25, 0.3) is 0 Å². The molecule has 0 unspecified atom stereocenters. The van der Waals surface area contributed by atoms with Crippen molar-refractivity contribution in [2.75, 3.05) is 13.1 Å². The van der Waals surface area contributed by atoms with E-state index in [1.165, 1.54) is 0 Å². The second-order valence-corrected chi connectivity index (χ2v) is 5.55. The van der Waals surface area contributed by atoms with Crippen LogP contribution in [-0.4, -0.2) is 48.9 Å². The van der Waals surface area contributed by atoms with Gasteiger partial charge in [-0.15, -0.1) is 10.2 Å². The van der Waals surface area contributed by atoms with E-state index >= 15 is 0 Å². The number of aryl methyl sites for hydroxylation is 2. The fourth-order valence-corrected chi connectivity index (χ4v) is 2.86. The number of amides is 1. The molecule has 0 aromatic carbocycles. The molecule has 1 N–H and O–H groups in total. The quantitative estimate of drug-likeness (QED) is 0.905. The fourth-order valence-electron chi connectivity index (χ4n) is 2.86. The number of aromatic nitrogens is 5. The number of likely N-dealkylation sites (tertiary alicyclic amines) is 1. The number of H-pyrrole nitrogens is 1. The summed E-state index contributed by atoms with van der Waals surface area (Å²) in [6.45, 7) is 1.63. The predicted molar refractivity (Wildman–Crippen MR) is 76.5 cm³/mol. The summed E-state index contributed by atoms with van der Waals surface area (Å²) >= 11 is 0. The highest BCUT2D eigenvalue weighted by Gasteiger charge is 2.25. The van der Waals surface area contributed by atoms with Gasteiger partial charge in [-0.1, -0.05) is 0 Å². The van der Waals surface area contributed by atoms with E-state index in [0.29, 0.717) is 18.8 Å². The molecule has 3 heterocycles. The van der Waals surface area contributed by atoms with E-state index in [0.717, 1.165) is 37.4 Å². The predicted octanol–water partition coefficient (Wildman–Crippen LogP) is 0.877. The van der Waals surface area contributed by atoms with E-state index in [1.54, 1.807) is 12.5 Å². The largest absolute Gasteiger partial charge is 0.342 e. The Morgan fingerprint density at radius 1 is 1.52 bits per heavy atom. The van der Waals surface area contributed by atoms with Crippen LogP contribution in [0.15, 0.2) is 18.6 Å². The maximum absolute atomic E-state index is 12.4. The molecule has 112 valence electrons. The second-order valence-electron chi connectivity index (χ2n) is 5.55. The second kappa shape index (κ2) is 6.07. The molecule has 1 fully saturated rings. The van der Waals surface area contributed by atoms with Crippen LogP contribution in [0.25, 0.3) is 0 Å². The van der Waals surface area contributed by atoms with Gasteiger partial charge >= 0.3 is 0 Å². The first-order chi connectivity index (χ1) is 10.2. The summed E-state index contributed by atoms with van der Waals surface area (Å²) in [5, 5.41) is 14.9. The minimum Gasteiger partial charge on any atom is -0.342 e. The van der Waals surface area contributed by atoms with Crippen molar-refractivity contribution in [1.29, 1.82) is 0 Å². The van der Waals surface area contributed by atoms with Crippen molar-refractivity contribution in [3.05, 3.63) is 30.1 Å². The van der Waals surface area contributed by atoms with Gasteiger partial charge in [0.2, 0.25) is 5.91 Å². The van der Waals surface area contributed by atoms with Gasteiger partial charge in [0.1, 0.15) is 12.2 Å². The van der Waals surface area contributed by atoms with E-state index < -0.39 is 0 Å². The zero-order valence-electron chi connectivity index (χ0n) is 12.2. The van der Waals surface area contributed by atoms with Gasteiger partial charge in [-0.2, -0.15) is 5.10 Å². The van der Waals surface area contributed by atoms with Crippen LogP contribution in [0.2, 0.25) is 0 Å². The Labute approximate surface area is 123 Å². The van der Waals surface area contributed by atoms with Gasteiger partial charge in [0, 0.05) is 50.8 Å². The lowest BCUT2D eigenvalue weighted by molar-refractivity contribution is -0.132. The number of rotatable bonds is 4. The molecule has 21 heavy (non-hydrogen) atoms. The van der Waals surface area contributed by atoms with Crippen LogP contribution in [0.3, 0.4) is 0 Å². The van der Waals surface area contributed by atoms with Gasteiger partial charge in [-0.25, -0.2) is 0 Å². The molecule has 0 aliphatic carbocycles. The first-order valence-corrected chi connectivity index (χ1v) is 7.34. The highest BCUT2D eigenvalue weighted by Crippen LogP contribution is 2.25. The maximum Gasteiger partial charge on any atom is 0.223 e. The van der Waals surface area contributed by atoms with Gasteiger partial charge in [0.15, 0.2) is 0 Å². The highest BCUT2D eigenvalue weighted by atomic mass is 16.2. The first kappa shape index (κ1) is 13.8. The fraction of sp³-hybridized carbons (Fsp3) is 0.571. The molecular formula is C14H20N6O. The Morgan fingerprint density at radius 3 is 3.14 bits per heavy atom. The molecule has 2 aromatic heterocycles. The summed E-state index contributed by atoms with van der Waals surface area (Å²) in [4.78, 5) is 14.3. The molecule has 3 rings (SSSR count). The zero-order chi connectivity index (χ0) is 14.7. The number of nitrogens with one attached hydrogen (secondary N) is 1. The number of aromatic amines is 1. The third kappa shape index (κ3) is 3.12. The zero-order valence-corrected chi connectivity index (χ0v) is 12.2. The average molecular weight is 288 g/mol. The summed E-state index contributed by atoms with van der Waals surface area (Å²) in [5.41, 5.74) is 1.13. The Bertz CT molecular complexity index is 590. The Hall–Kier alpha value is -2.18. The monoisotopic (exact) mass is 288 g/mol. The number of nitrogens with zero attached hydrogens (tertiary/aromatic N) is 5. The average Bonchev–Trinajstić information content (AvgIpc) is 3.16. The molecule has 2 aromatic rings. The van der Waals surface area contributed by atoms with Gasteiger partial charge in [-0.05, 0) is 18.9 Å². The van der Waals surface area contributed by atoms with Gasteiger partial charge in [0.05, 0.1) is 0 Å². The van der Waals surface area contributed by atoms with E-state index in [2.05, 4.69) is 20.4 Å². The molecule has 1 aliphatic rings. The van der Waals surface area contributed by atoms with Crippen LogP contribution in [0.1, 0.15) is 36.7 Å². The Balaban J connectivity index is 1.56. The summed E-state index contributed by atoms with van der Waals surface area (Å²) in [6, 6.07) is 2.00. The molecule has 7 nitrogen and oxygen atoms in total. The van der Waals surface area contributed by atoms with E-state index in [1.807, 2.05) is 22.6 Å². The molecule has 1 atom stereocenters. The van der Waals surface area contributed by atoms with E-state index in [4.69, 9.17) is 0 Å². The minimum absolute atomic E-state index is 0.196. The van der Waals surface area contributed by atoms with Crippen LogP contribution in [-0.2, 0) is 18.3 Å². The van der Waals surface area contributed by atoms with Crippen molar-refractivity contribution in [2.45, 2.75) is 31.6 Å². The molecular weight excluding hydrogens is 268 g/mol. The van der Waals surface area contributed by atoms with Gasteiger partial charge in [-0.3, -0.25) is 9.89 Å². The topological polar surface area (TPSA) is 79.7 Å². The molecule has 1 amide bonds. The molecule has 0 radical (unpaired) electrons. The summed E-state index contributed by atoms with van der Waals surface area (Å²) in [6.07, 6.45) is 6.70. The molecule has 1 aliphatic heterocycles. The number of piperidine rings is 1. The minimum atomic E-state index is 0.196. The van der Waals surface area contributed by atoms with Gasteiger partial charge < -0.3 is 9.47 Å².